The van der Waals surface area contributed by atoms with Gasteiger partial charge in [0.1, 0.15) is 5.60 Å². The molecule has 4 nitrogen and oxygen atoms in total. The van der Waals surface area contributed by atoms with Crippen molar-refractivity contribution < 1.29 is 9.53 Å². The molecular formula is C16H30N2O2. The van der Waals surface area contributed by atoms with E-state index in [1.165, 1.54) is 32.1 Å². The lowest BCUT2D eigenvalue weighted by molar-refractivity contribution is 0.0496. The van der Waals surface area contributed by atoms with Gasteiger partial charge in [-0.25, -0.2) is 4.79 Å². The molecule has 4 heteroatoms. The molecule has 2 rings (SSSR count). The standard InChI is InChI=1S/C16H30N2O2/c1-5-13(11-6-7-11)17-10-14(12-8-9-12)18-15(19)20-16(2,3)4/h11-14,17H,5-10H2,1-4H3,(H,18,19). The van der Waals surface area contributed by atoms with Crippen LogP contribution >= 0.6 is 0 Å². The van der Waals surface area contributed by atoms with Crippen LogP contribution in [0.3, 0.4) is 0 Å². The third-order valence-electron chi connectivity index (χ3n) is 4.12. The number of carbonyl (C=O) groups excluding carboxylic acids is 1. The molecule has 2 unspecified atom stereocenters. The second-order valence-electron chi connectivity index (χ2n) is 7.35. The van der Waals surface area contributed by atoms with Gasteiger partial charge in [-0.15, -0.1) is 0 Å². The minimum absolute atomic E-state index is 0.220. The predicted octanol–water partition coefficient (Wildman–Crippen LogP) is 3.07. The summed E-state index contributed by atoms with van der Waals surface area (Å²) in [5.74, 6) is 1.49. The second-order valence-corrected chi connectivity index (χ2v) is 7.35. The van der Waals surface area contributed by atoms with Gasteiger partial charge in [0.15, 0.2) is 0 Å². The summed E-state index contributed by atoms with van der Waals surface area (Å²) in [4.78, 5) is 11.9. The van der Waals surface area contributed by atoms with Gasteiger partial charge in [0.05, 0.1) is 0 Å². The van der Waals surface area contributed by atoms with Gasteiger partial charge in [-0.05, 0) is 64.7 Å². The van der Waals surface area contributed by atoms with Crippen LogP contribution in [-0.4, -0.2) is 30.3 Å². The van der Waals surface area contributed by atoms with Gasteiger partial charge < -0.3 is 15.4 Å². The van der Waals surface area contributed by atoms with Crippen molar-refractivity contribution in [2.45, 2.75) is 77.5 Å². The Bertz CT molecular complexity index is 330. The number of alkyl carbamates (subject to hydrolysis) is 1. The quantitative estimate of drug-likeness (QED) is 0.754. The lowest BCUT2D eigenvalue weighted by Crippen LogP contribution is -2.47. The average molecular weight is 282 g/mol. The number of hydrogen-bond donors (Lipinski definition) is 2. The van der Waals surface area contributed by atoms with Crippen molar-refractivity contribution >= 4 is 6.09 Å². The Morgan fingerprint density at radius 1 is 1.15 bits per heavy atom. The number of amides is 1. The van der Waals surface area contributed by atoms with Gasteiger partial charge in [0.25, 0.3) is 0 Å². The number of nitrogens with one attached hydrogen (secondary N) is 2. The zero-order valence-corrected chi connectivity index (χ0v) is 13.4. The van der Waals surface area contributed by atoms with E-state index in [4.69, 9.17) is 4.74 Å². The fourth-order valence-corrected chi connectivity index (χ4v) is 2.71. The summed E-state index contributed by atoms with van der Waals surface area (Å²) in [6.07, 6.45) is 6.06. The Morgan fingerprint density at radius 2 is 1.70 bits per heavy atom. The summed E-state index contributed by atoms with van der Waals surface area (Å²) in [7, 11) is 0. The topological polar surface area (TPSA) is 50.4 Å². The molecule has 2 atom stereocenters. The summed E-state index contributed by atoms with van der Waals surface area (Å²) in [6.45, 7) is 8.81. The number of carbonyl (C=O) groups is 1. The van der Waals surface area contributed by atoms with Crippen molar-refractivity contribution in [2.24, 2.45) is 11.8 Å². The van der Waals surface area contributed by atoms with Gasteiger partial charge in [0, 0.05) is 18.6 Å². The van der Waals surface area contributed by atoms with E-state index in [0.29, 0.717) is 12.0 Å². The molecule has 2 N–H and O–H groups in total. The highest BCUT2D eigenvalue weighted by Crippen LogP contribution is 2.35. The molecule has 0 aromatic heterocycles. The lowest BCUT2D eigenvalue weighted by Gasteiger charge is -2.25. The van der Waals surface area contributed by atoms with E-state index < -0.39 is 5.60 Å². The van der Waals surface area contributed by atoms with E-state index in [0.717, 1.165) is 12.5 Å². The first kappa shape index (κ1) is 15.6. The van der Waals surface area contributed by atoms with Gasteiger partial charge in [-0.3, -0.25) is 0 Å². The summed E-state index contributed by atoms with van der Waals surface area (Å²) in [5.41, 5.74) is -0.425. The Labute approximate surface area is 123 Å². The highest BCUT2D eigenvalue weighted by molar-refractivity contribution is 5.68. The smallest absolute Gasteiger partial charge is 0.407 e. The first-order chi connectivity index (χ1) is 9.39. The molecule has 1 amide bonds. The van der Waals surface area contributed by atoms with E-state index in [2.05, 4.69) is 17.6 Å². The molecule has 116 valence electrons. The van der Waals surface area contributed by atoms with E-state index >= 15 is 0 Å². The molecule has 0 aromatic carbocycles. The van der Waals surface area contributed by atoms with E-state index in [1.807, 2.05) is 20.8 Å². The van der Waals surface area contributed by atoms with E-state index in [1.54, 1.807) is 0 Å². The van der Waals surface area contributed by atoms with Crippen LogP contribution in [0.1, 0.15) is 59.8 Å². The molecule has 0 radical (unpaired) electrons. The molecule has 2 saturated carbocycles. The molecule has 2 aliphatic carbocycles. The molecule has 2 fully saturated rings. The minimum Gasteiger partial charge on any atom is -0.444 e. The fraction of sp³-hybridized carbons (Fsp3) is 0.938. The van der Waals surface area contributed by atoms with Gasteiger partial charge in [-0.1, -0.05) is 6.92 Å². The summed E-state index contributed by atoms with van der Waals surface area (Å²) >= 11 is 0. The Morgan fingerprint density at radius 3 is 2.15 bits per heavy atom. The zero-order chi connectivity index (χ0) is 14.8. The van der Waals surface area contributed by atoms with E-state index in [9.17, 15) is 4.79 Å². The van der Waals surface area contributed by atoms with Gasteiger partial charge in [-0.2, -0.15) is 0 Å². The maximum absolute atomic E-state index is 11.9. The van der Waals surface area contributed by atoms with Crippen LogP contribution in [0.2, 0.25) is 0 Å². The molecule has 20 heavy (non-hydrogen) atoms. The predicted molar refractivity (Wildman–Crippen MR) is 80.7 cm³/mol. The first-order valence-corrected chi connectivity index (χ1v) is 8.12. The average Bonchev–Trinajstić information content (AvgIpc) is 3.17. The molecule has 0 heterocycles. The maximum atomic E-state index is 11.9. The molecule has 0 aromatic rings. The van der Waals surface area contributed by atoms with Crippen LogP contribution < -0.4 is 10.6 Å². The molecule has 0 aliphatic heterocycles. The molecular weight excluding hydrogens is 252 g/mol. The van der Waals surface area contributed by atoms with Crippen molar-refractivity contribution in [3.05, 3.63) is 0 Å². The minimum atomic E-state index is -0.425. The molecule has 0 spiro atoms. The van der Waals surface area contributed by atoms with Crippen LogP contribution in [0.5, 0.6) is 0 Å². The van der Waals surface area contributed by atoms with Crippen LogP contribution in [0.4, 0.5) is 4.79 Å². The van der Waals surface area contributed by atoms with Crippen molar-refractivity contribution in [2.75, 3.05) is 6.54 Å². The third kappa shape index (κ3) is 5.31. The summed E-state index contributed by atoms with van der Waals surface area (Å²) in [6, 6.07) is 0.842. The molecule has 0 saturated heterocycles. The van der Waals surface area contributed by atoms with Crippen LogP contribution in [-0.2, 0) is 4.74 Å². The van der Waals surface area contributed by atoms with Gasteiger partial charge in [0.2, 0.25) is 0 Å². The van der Waals surface area contributed by atoms with Crippen molar-refractivity contribution in [1.82, 2.24) is 10.6 Å². The van der Waals surface area contributed by atoms with Crippen LogP contribution in [0.25, 0.3) is 0 Å². The lowest BCUT2D eigenvalue weighted by atomic mass is 10.1. The largest absolute Gasteiger partial charge is 0.444 e. The summed E-state index contributed by atoms with van der Waals surface area (Å²) in [5, 5.41) is 6.70. The van der Waals surface area contributed by atoms with Gasteiger partial charge >= 0.3 is 6.09 Å². The SMILES string of the molecule is CCC(NCC(NC(=O)OC(C)(C)C)C1CC1)C1CC1. The Balaban J connectivity index is 1.76. The second kappa shape index (κ2) is 6.33. The number of rotatable bonds is 7. The zero-order valence-electron chi connectivity index (χ0n) is 13.4. The van der Waals surface area contributed by atoms with Crippen molar-refractivity contribution in [3.63, 3.8) is 0 Å². The van der Waals surface area contributed by atoms with Crippen molar-refractivity contribution in [3.8, 4) is 0 Å². The number of ether oxygens (including phenoxy) is 1. The third-order valence-corrected chi connectivity index (χ3v) is 4.12. The maximum Gasteiger partial charge on any atom is 0.407 e. The fourth-order valence-electron chi connectivity index (χ4n) is 2.71. The molecule has 2 aliphatic rings. The number of hydrogen-bond acceptors (Lipinski definition) is 3. The first-order valence-electron chi connectivity index (χ1n) is 8.12. The van der Waals surface area contributed by atoms with Crippen LogP contribution in [0.15, 0.2) is 0 Å². The van der Waals surface area contributed by atoms with E-state index in [-0.39, 0.29) is 12.1 Å². The Kier molecular flexibility index (Phi) is 4.95. The molecule has 0 bridgehead atoms. The van der Waals surface area contributed by atoms with Crippen molar-refractivity contribution in [1.29, 1.82) is 0 Å². The highest BCUT2D eigenvalue weighted by Gasteiger charge is 2.35. The van der Waals surface area contributed by atoms with Crippen LogP contribution in [0, 0.1) is 11.8 Å². The Hall–Kier alpha value is -0.770. The highest BCUT2D eigenvalue weighted by atomic mass is 16.6. The monoisotopic (exact) mass is 282 g/mol. The summed E-state index contributed by atoms with van der Waals surface area (Å²) < 4.78 is 5.36. The normalized spacial score (nSPS) is 22.2.